The number of benzene rings is 3. The third-order valence-corrected chi connectivity index (χ3v) is 6.40. The fraction of sp³-hybridized carbons (Fsp3) is 0.179. The normalized spacial score (nSPS) is 13.8. The van der Waals surface area contributed by atoms with Gasteiger partial charge in [0, 0.05) is 32.2 Å². The molecular weight excluding hydrogens is 453 g/mol. The zero-order chi connectivity index (χ0) is 24.5. The Hall–Kier alpha value is -4.46. The summed E-state index contributed by atoms with van der Waals surface area (Å²) < 4.78 is 16.2. The number of piperazine rings is 1. The number of hydrogen-bond donors (Lipinski definition) is 1. The van der Waals surface area contributed by atoms with E-state index in [-0.39, 0.29) is 5.82 Å². The molecule has 2 aromatic heterocycles. The van der Waals surface area contributed by atoms with Gasteiger partial charge in [-0.2, -0.15) is 5.10 Å². The van der Waals surface area contributed by atoms with E-state index < -0.39 is 0 Å². The lowest BCUT2D eigenvalue weighted by molar-refractivity contribution is 0.596. The Morgan fingerprint density at radius 1 is 0.750 bits per heavy atom. The first-order valence-electron chi connectivity index (χ1n) is 12.1. The van der Waals surface area contributed by atoms with Crippen molar-refractivity contribution in [2.45, 2.75) is 6.92 Å². The van der Waals surface area contributed by atoms with Crippen LogP contribution in [0.3, 0.4) is 0 Å². The van der Waals surface area contributed by atoms with Crippen LogP contribution >= 0.6 is 0 Å². The van der Waals surface area contributed by atoms with Gasteiger partial charge in [-0.25, -0.2) is 19.0 Å². The summed E-state index contributed by atoms with van der Waals surface area (Å²) in [4.78, 5) is 14.3. The van der Waals surface area contributed by atoms with Gasteiger partial charge in [-0.15, -0.1) is 0 Å². The predicted molar refractivity (Wildman–Crippen MR) is 142 cm³/mol. The van der Waals surface area contributed by atoms with Crippen LogP contribution in [0.4, 0.5) is 27.5 Å². The van der Waals surface area contributed by atoms with Gasteiger partial charge in [-0.1, -0.05) is 42.5 Å². The number of halogens is 1. The molecule has 0 aliphatic carbocycles. The van der Waals surface area contributed by atoms with E-state index in [1.165, 1.54) is 6.07 Å². The van der Waals surface area contributed by atoms with Gasteiger partial charge in [0.05, 0.1) is 28.1 Å². The third-order valence-electron chi connectivity index (χ3n) is 6.40. The molecule has 180 valence electrons. The monoisotopic (exact) mass is 479 g/mol. The Bertz CT molecular complexity index is 1510. The summed E-state index contributed by atoms with van der Waals surface area (Å²) in [6.07, 6.45) is 0. The van der Waals surface area contributed by atoms with E-state index in [0.29, 0.717) is 37.7 Å². The summed E-state index contributed by atoms with van der Waals surface area (Å²) in [5.74, 6) is 2.07. The highest BCUT2D eigenvalue weighted by molar-refractivity contribution is 5.82. The quantitative estimate of drug-likeness (QED) is 0.368. The first-order chi connectivity index (χ1) is 17.7. The van der Waals surface area contributed by atoms with Crippen molar-refractivity contribution in [3.05, 3.63) is 96.4 Å². The number of hydrogen-bond acceptors (Lipinski definition) is 6. The van der Waals surface area contributed by atoms with E-state index in [9.17, 15) is 4.39 Å². The molecule has 3 heterocycles. The maximum Gasteiger partial charge on any atom is 0.175 e. The zero-order valence-corrected chi connectivity index (χ0v) is 20.0. The summed E-state index contributed by atoms with van der Waals surface area (Å²) in [5, 5.41) is 8.20. The van der Waals surface area contributed by atoms with E-state index in [2.05, 4.69) is 20.2 Å². The predicted octanol–water partition coefficient (Wildman–Crippen LogP) is 5.33. The van der Waals surface area contributed by atoms with Crippen molar-refractivity contribution in [3.63, 3.8) is 0 Å². The van der Waals surface area contributed by atoms with E-state index in [1.54, 1.807) is 6.07 Å². The number of fused-ring (bicyclic) bond motifs is 1. The molecule has 1 saturated heterocycles. The molecule has 0 amide bonds. The highest BCUT2D eigenvalue weighted by Gasteiger charge is 2.24. The molecule has 1 fully saturated rings. The van der Waals surface area contributed by atoms with Crippen LogP contribution in [-0.2, 0) is 0 Å². The minimum Gasteiger partial charge on any atom is -0.366 e. The van der Waals surface area contributed by atoms with Gasteiger partial charge in [0.25, 0.3) is 0 Å². The lowest BCUT2D eigenvalue weighted by Gasteiger charge is -2.37. The summed E-state index contributed by atoms with van der Waals surface area (Å²) in [6.45, 7) is 4.76. The average Bonchev–Trinajstić information content (AvgIpc) is 3.29. The second kappa shape index (κ2) is 9.30. The summed E-state index contributed by atoms with van der Waals surface area (Å²) in [7, 11) is 0. The smallest absolute Gasteiger partial charge is 0.175 e. The topological polar surface area (TPSA) is 62.1 Å². The zero-order valence-electron chi connectivity index (χ0n) is 20.0. The molecule has 1 N–H and O–H groups in total. The number of rotatable bonds is 5. The second-order valence-corrected chi connectivity index (χ2v) is 8.85. The standard InChI is InChI=1S/C28H26FN7/c1-20-19-26(36(33-20)21-9-3-2-4-10-21)32-27-28(31-24-13-7-6-12-23(24)30-27)35-17-15-34(16-18-35)25-14-8-5-11-22(25)29/h2-14,19H,15-18H2,1H3,(H,30,32). The van der Waals surface area contributed by atoms with E-state index in [0.717, 1.165) is 34.1 Å². The van der Waals surface area contributed by atoms with Crippen molar-refractivity contribution in [1.82, 2.24) is 19.7 Å². The van der Waals surface area contributed by atoms with Gasteiger partial charge in [-0.05, 0) is 43.3 Å². The first-order valence-corrected chi connectivity index (χ1v) is 12.1. The molecular formula is C28H26FN7. The van der Waals surface area contributed by atoms with Crippen LogP contribution in [0.1, 0.15) is 5.69 Å². The molecule has 0 saturated carbocycles. The van der Waals surface area contributed by atoms with Crippen LogP contribution < -0.4 is 15.1 Å². The first kappa shape index (κ1) is 22.0. The van der Waals surface area contributed by atoms with Crippen molar-refractivity contribution in [3.8, 4) is 5.69 Å². The fourth-order valence-electron chi connectivity index (χ4n) is 4.64. The third kappa shape index (κ3) is 4.22. The molecule has 5 aromatic rings. The van der Waals surface area contributed by atoms with Crippen molar-refractivity contribution in [2.24, 2.45) is 0 Å². The molecule has 1 aliphatic rings. The van der Waals surface area contributed by atoms with E-state index in [1.807, 2.05) is 84.4 Å². The van der Waals surface area contributed by atoms with Gasteiger partial charge in [0.1, 0.15) is 11.6 Å². The molecule has 0 unspecified atom stereocenters. The minimum absolute atomic E-state index is 0.191. The number of anilines is 4. The van der Waals surface area contributed by atoms with Gasteiger partial charge in [0.2, 0.25) is 0 Å². The second-order valence-electron chi connectivity index (χ2n) is 8.85. The molecule has 0 spiro atoms. The Morgan fingerprint density at radius 3 is 2.14 bits per heavy atom. The number of nitrogens with one attached hydrogen (secondary N) is 1. The highest BCUT2D eigenvalue weighted by Crippen LogP contribution is 2.31. The molecule has 36 heavy (non-hydrogen) atoms. The number of nitrogens with zero attached hydrogens (tertiary/aromatic N) is 6. The Kier molecular flexibility index (Phi) is 5.69. The molecule has 0 atom stereocenters. The van der Waals surface area contributed by atoms with Crippen LogP contribution in [0, 0.1) is 12.7 Å². The Morgan fingerprint density at radius 2 is 1.39 bits per heavy atom. The molecule has 3 aromatic carbocycles. The number of aryl methyl sites for hydroxylation is 1. The Balaban J connectivity index is 1.34. The van der Waals surface area contributed by atoms with Crippen LogP contribution in [0.5, 0.6) is 0 Å². The molecule has 0 bridgehead atoms. The van der Waals surface area contributed by atoms with Gasteiger partial charge < -0.3 is 15.1 Å². The van der Waals surface area contributed by atoms with Crippen molar-refractivity contribution >= 4 is 34.2 Å². The minimum atomic E-state index is -0.191. The Labute approximate surface area is 208 Å². The van der Waals surface area contributed by atoms with Crippen LogP contribution in [0.15, 0.2) is 84.9 Å². The van der Waals surface area contributed by atoms with Crippen LogP contribution in [-0.4, -0.2) is 45.9 Å². The molecule has 7 nitrogen and oxygen atoms in total. The van der Waals surface area contributed by atoms with Crippen molar-refractivity contribution in [2.75, 3.05) is 41.3 Å². The number of para-hydroxylation sites is 4. The maximum atomic E-state index is 14.4. The van der Waals surface area contributed by atoms with Crippen LogP contribution in [0.2, 0.25) is 0 Å². The summed E-state index contributed by atoms with van der Waals surface area (Å²) in [6, 6.07) is 26.8. The van der Waals surface area contributed by atoms with Crippen molar-refractivity contribution < 1.29 is 4.39 Å². The molecule has 1 aliphatic heterocycles. The maximum absolute atomic E-state index is 14.4. The fourth-order valence-corrected chi connectivity index (χ4v) is 4.64. The van der Waals surface area contributed by atoms with E-state index >= 15 is 0 Å². The lowest BCUT2D eigenvalue weighted by Crippen LogP contribution is -2.47. The molecule has 6 rings (SSSR count). The highest BCUT2D eigenvalue weighted by atomic mass is 19.1. The van der Waals surface area contributed by atoms with Gasteiger partial charge >= 0.3 is 0 Å². The van der Waals surface area contributed by atoms with Gasteiger partial charge in [-0.3, -0.25) is 0 Å². The lowest BCUT2D eigenvalue weighted by atomic mass is 10.2. The SMILES string of the molecule is Cc1cc(Nc2nc3ccccc3nc2N2CCN(c3ccccc3F)CC2)n(-c2ccccc2)n1. The van der Waals surface area contributed by atoms with E-state index in [4.69, 9.17) is 9.97 Å². The van der Waals surface area contributed by atoms with Crippen LogP contribution in [0.25, 0.3) is 16.7 Å². The summed E-state index contributed by atoms with van der Waals surface area (Å²) >= 11 is 0. The summed E-state index contributed by atoms with van der Waals surface area (Å²) in [5.41, 5.74) is 4.15. The average molecular weight is 480 g/mol. The van der Waals surface area contributed by atoms with Gasteiger partial charge in [0.15, 0.2) is 11.6 Å². The largest absolute Gasteiger partial charge is 0.366 e. The molecule has 8 heteroatoms. The van der Waals surface area contributed by atoms with Crippen molar-refractivity contribution in [1.29, 1.82) is 0 Å². The molecule has 0 radical (unpaired) electrons. The number of aromatic nitrogens is 4.